The SMILES string of the molecule is Cc1sc(-c2ccco2)nc1C(=O)NC1CCNC1.Cl.Cl. The van der Waals surface area contributed by atoms with Gasteiger partial charge in [0.15, 0.2) is 10.8 Å². The number of aryl methyl sites for hydroxylation is 1. The Hall–Kier alpha value is -1.08. The first-order chi connectivity index (χ1) is 9.24. The first kappa shape index (κ1) is 18.0. The number of aromatic nitrogens is 1. The van der Waals surface area contributed by atoms with Crippen molar-refractivity contribution in [2.45, 2.75) is 19.4 Å². The number of carbonyl (C=O) groups excluding carboxylic acids is 1. The summed E-state index contributed by atoms with van der Waals surface area (Å²) >= 11 is 1.48. The zero-order chi connectivity index (χ0) is 13.2. The van der Waals surface area contributed by atoms with E-state index in [4.69, 9.17) is 4.42 Å². The molecule has 1 aliphatic heterocycles. The number of nitrogens with one attached hydrogen (secondary N) is 2. The first-order valence-corrected chi connectivity index (χ1v) is 7.08. The largest absolute Gasteiger partial charge is 0.462 e. The second kappa shape index (κ2) is 7.79. The number of furan rings is 1. The molecule has 1 saturated heterocycles. The van der Waals surface area contributed by atoms with E-state index in [1.807, 2.05) is 19.1 Å². The molecule has 1 unspecified atom stereocenters. The molecule has 1 aliphatic rings. The van der Waals surface area contributed by atoms with Gasteiger partial charge in [-0.05, 0) is 32.0 Å². The molecule has 0 spiro atoms. The van der Waals surface area contributed by atoms with E-state index in [1.54, 1.807) is 6.26 Å². The average Bonchev–Trinajstić information content (AvgIpc) is 3.07. The van der Waals surface area contributed by atoms with Gasteiger partial charge in [-0.15, -0.1) is 36.2 Å². The molecule has 2 aromatic rings. The molecule has 5 nitrogen and oxygen atoms in total. The van der Waals surface area contributed by atoms with Crippen molar-refractivity contribution in [3.8, 4) is 10.8 Å². The standard InChI is InChI=1S/C13H15N3O2S.2ClH/c1-8-11(12(17)15-9-4-5-14-7-9)16-13(19-8)10-3-2-6-18-10;;/h2-3,6,9,14H,4-5,7H2,1H3,(H,15,17);2*1H. The molecule has 0 bridgehead atoms. The first-order valence-electron chi connectivity index (χ1n) is 6.27. The smallest absolute Gasteiger partial charge is 0.271 e. The highest BCUT2D eigenvalue weighted by Gasteiger charge is 2.22. The third-order valence-electron chi connectivity index (χ3n) is 3.14. The molecule has 3 heterocycles. The molecule has 1 atom stereocenters. The Kier molecular flexibility index (Phi) is 6.67. The maximum Gasteiger partial charge on any atom is 0.271 e. The molecular weight excluding hydrogens is 333 g/mol. The van der Waals surface area contributed by atoms with Gasteiger partial charge in [-0.2, -0.15) is 0 Å². The Morgan fingerprint density at radius 1 is 1.52 bits per heavy atom. The van der Waals surface area contributed by atoms with Crippen LogP contribution >= 0.6 is 36.2 Å². The summed E-state index contributed by atoms with van der Waals surface area (Å²) in [4.78, 5) is 17.5. The number of hydrogen-bond acceptors (Lipinski definition) is 5. The normalized spacial score (nSPS) is 16.9. The van der Waals surface area contributed by atoms with Crippen molar-refractivity contribution >= 4 is 42.1 Å². The van der Waals surface area contributed by atoms with Gasteiger partial charge < -0.3 is 15.1 Å². The number of halogens is 2. The van der Waals surface area contributed by atoms with E-state index in [0.29, 0.717) is 11.5 Å². The highest BCUT2D eigenvalue weighted by molar-refractivity contribution is 7.15. The van der Waals surface area contributed by atoms with Crippen LogP contribution in [0.1, 0.15) is 21.8 Å². The van der Waals surface area contributed by atoms with E-state index in [1.165, 1.54) is 11.3 Å². The van der Waals surface area contributed by atoms with E-state index < -0.39 is 0 Å². The Balaban J connectivity index is 0.00000110. The van der Waals surface area contributed by atoms with E-state index in [9.17, 15) is 4.79 Å². The Morgan fingerprint density at radius 3 is 2.95 bits per heavy atom. The van der Waals surface area contributed by atoms with E-state index in [2.05, 4.69) is 15.6 Å². The van der Waals surface area contributed by atoms with Crippen molar-refractivity contribution in [2.24, 2.45) is 0 Å². The zero-order valence-electron chi connectivity index (χ0n) is 11.4. The summed E-state index contributed by atoms with van der Waals surface area (Å²) in [6.07, 6.45) is 2.58. The Morgan fingerprint density at radius 2 is 2.33 bits per heavy atom. The topological polar surface area (TPSA) is 67.2 Å². The van der Waals surface area contributed by atoms with Crippen LogP contribution in [0.2, 0.25) is 0 Å². The van der Waals surface area contributed by atoms with Crippen molar-refractivity contribution < 1.29 is 9.21 Å². The number of amides is 1. The average molecular weight is 350 g/mol. The molecule has 0 aromatic carbocycles. The van der Waals surface area contributed by atoms with Gasteiger partial charge in [-0.25, -0.2) is 4.98 Å². The maximum atomic E-state index is 12.2. The maximum absolute atomic E-state index is 12.2. The number of carbonyl (C=O) groups is 1. The molecule has 8 heteroatoms. The van der Waals surface area contributed by atoms with E-state index >= 15 is 0 Å². The summed E-state index contributed by atoms with van der Waals surface area (Å²) in [5.74, 6) is 0.606. The zero-order valence-corrected chi connectivity index (χ0v) is 13.9. The van der Waals surface area contributed by atoms with Crippen LogP contribution in [-0.4, -0.2) is 30.0 Å². The highest BCUT2D eigenvalue weighted by atomic mass is 35.5. The summed E-state index contributed by atoms with van der Waals surface area (Å²) in [6.45, 7) is 3.70. The van der Waals surface area contributed by atoms with Crippen LogP contribution in [0.5, 0.6) is 0 Å². The Bertz CT molecular complexity index is 580. The molecule has 116 valence electrons. The Labute approximate surface area is 139 Å². The molecule has 1 fully saturated rings. The lowest BCUT2D eigenvalue weighted by Gasteiger charge is -2.09. The molecule has 21 heavy (non-hydrogen) atoms. The molecule has 0 radical (unpaired) electrons. The summed E-state index contributed by atoms with van der Waals surface area (Å²) in [5.41, 5.74) is 0.503. The van der Waals surface area contributed by atoms with Crippen LogP contribution in [0.4, 0.5) is 0 Å². The fourth-order valence-electron chi connectivity index (χ4n) is 2.14. The van der Waals surface area contributed by atoms with Gasteiger partial charge in [-0.1, -0.05) is 0 Å². The molecule has 0 saturated carbocycles. The van der Waals surface area contributed by atoms with Gasteiger partial charge in [0.1, 0.15) is 5.69 Å². The number of rotatable bonds is 3. The molecule has 1 amide bonds. The lowest BCUT2D eigenvalue weighted by atomic mass is 10.2. The lowest BCUT2D eigenvalue weighted by Crippen LogP contribution is -2.36. The minimum Gasteiger partial charge on any atom is -0.462 e. The van der Waals surface area contributed by atoms with Gasteiger partial charge in [0, 0.05) is 17.5 Å². The minimum absolute atomic E-state index is 0. The van der Waals surface area contributed by atoms with Gasteiger partial charge in [0.25, 0.3) is 5.91 Å². The van der Waals surface area contributed by atoms with Crippen molar-refractivity contribution in [1.29, 1.82) is 0 Å². The van der Waals surface area contributed by atoms with Crippen molar-refractivity contribution in [2.75, 3.05) is 13.1 Å². The van der Waals surface area contributed by atoms with E-state index in [0.717, 1.165) is 29.4 Å². The van der Waals surface area contributed by atoms with E-state index in [-0.39, 0.29) is 36.8 Å². The third-order valence-corrected chi connectivity index (χ3v) is 4.12. The molecule has 0 aliphatic carbocycles. The third kappa shape index (κ3) is 3.97. The van der Waals surface area contributed by atoms with Gasteiger partial charge in [0.05, 0.1) is 6.26 Å². The van der Waals surface area contributed by atoms with Crippen LogP contribution in [0.25, 0.3) is 10.8 Å². The predicted molar refractivity (Wildman–Crippen MR) is 87.8 cm³/mol. The fraction of sp³-hybridized carbons (Fsp3) is 0.385. The van der Waals surface area contributed by atoms with Crippen LogP contribution in [0.3, 0.4) is 0 Å². The van der Waals surface area contributed by atoms with Gasteiger partial charge >= 0.3 is 0 Å². The lowest BCUT2D eigenvalue weighted by molar-refractivity contribution is 0.0935. The number of hydrogen-bond donors (Lipinski definition) is 2. The summed E-state index contributed by atoms with van der Waals surface area (Å²) in [5, 5.41) is 6.98. The van der Waals surface area contributed by atoms with Gasteiger partial charge in [-0.3, -0.25) is 4.79 Å². The van der Waals surface area contributed by atoms with Crippen LogP contribution < -0.4 is 10.6 Å². The number of nitrogens with zero attached hydrogens (tertiary/aromatic N) is 1. The van der Waals surface area contributed by atoms with Crippen LogP contribution in [-0.2, 0) is 0 Å². The highest BCUT2D eigenvalue weighted by Crippen LogP contribution is 2.27. The second-order valence-corrected chi connectivity index (χ2v) is 5.77. The van der Waals surface area contributed by atoms with Gasteiger partial charge in [0.2, 0.25) is 0 Å². The quantitative estimate of drug-likeness (QED) is 0.893. The van der Waals surface area contributed by atoms with Crippen LogP contribution in [0, 0.1) is 6.92 Å². The van der Waals surface area contributed by atoms with Crippen molar-refractivity contribution in [1.82, 2.24) is 15.6 Å². The molecule has 2 aromatic heterocycles. The van der Waals surface area contributed by atoms with Crippen molar-refractivity contribution in [3.05, 3.63) is 29.0 Å². The summed E-state index contributed by atoms with van der Waals surface area (Å²) in [7, 11) is 0. The second-order valence-electron chi connectivity index (χ2n) is 4.56. The number of thiazole rings is 1. The summed E-state index contributed by atoms with van der Waals surface area (Å²) < 4.78 is 5.31. The van der Waals surface area contributed by atoms with Crippen LogP contribution in [0.15, 0.2) is 22.8 Å². The van der Waals surface area contributed by atoms with Crippen molar-refractivity contribution in [3.63, 3.8) is 0 Å². The molecule has 2 N–H and O–H groups in total. The molecule has 3 rings (SSSR count). The molecular formula is C13H17Cl2N3O2S. The summed E-state index contributed by atoms with van der Waals surface area (Å²) in [6, 6.07) is 3.87. The monoisotopic (exact) mass is 349 g/mol. The predicted octanol–water partition coefficient (Wildman–Crippen LogP) is 2.65. The minimum atomic E-state index is -0.0970. The fourth-order valence-corrected chi connectivity index (χ4v) is 3.02.